The first-order valence-electron chi connectivity index (χ1n) is 11.6. The third-order valence-corrected chi connectivity index (χ3v) is 6.69. The van der Waals surface area contributed by atoms with Crippen LogP contribution in [-0.4, -0.2) is 25.7 Å². The lowest BCUT2D eigenvalue weighted by Gasteiger charge is -2.12. The molecule has 4 N–H and O–H groups in total. The highest BCUT2D eigenvalue weighted by Gasteiger charge is 2.24. The summed E-state index contributed by atoms with van der Waals surface area (Å²) in [6.45, 7) is 4.15. The van der Waals surface area contributed by atoms with E-state index in [9.17, 15) is 9.59 Å². The van der Waals surface area contributed by atoms with Crippen molar-refractivity contribution >= 4 is 22.6 Å². The zero-order chi connectivity index (χ0) is 23.8. The summed E-state index contributed by atoms with van der Waals surface area (Å²) in [4.78, 5) is 29.6. The number of fused-ring (bicyclic) bond motifs is 1. The molecule has 0 spiro atoms. The molecule has 0 radical (unpaired) electrons. The number of benzene rings is 1. The lowest BCUT2D eigenvalue weighted by atomic mass is 10.0. The van der Waals surface area contributed by atoms with Gasteiger partial charge in [0.25, 0.3) is 11.5 Å². The van der Waals surface area contributed by atoms with Crippen molar-refractivity contribution in [1.29, 1.82) is 0 Å². The molecule has 1 saturated carbocycles. The number of hydrogen-bond acceptors (Lipinski definition) is 5. The van der Waals surface area contributed by atoms with Gasteiger partial charge in [0.1, 0.15) is 5.52 Å². The van der Waals surface area contributed by atoms with Crippen LogP contribution in [0.15, 0.2) is 47.5 Å². The van der Waals surface area contributed by atoms with Crippen LogP contribution in [0, 0.1) is 13.8 Å². The summed E-state index contributed by atoms with van der Waals surface area (Å²) in [5, 5.41) is 10.2. The summed E-state index contributed by atoms with van der Waals surface area (Å²) >= 11 is 0. The van der Waals surface area contributed by atoms with Crippen LogP contribution in [0.5, 0.6) is 0 Å². The molecule has 0 aliphatic heterocycles. The fourth-order valence-electron chi connectivity index (χ4n) is 4.87. The van der Waals surface area contributed by atoms with Crippen LogP contribution in [-0.2, 0) is 6.54 Å². The fourth-order valence-corrected chi connectivity index (χ4v) is 4.87. The van der Waals surface area contributed by atoms with Crippen molar-refractivity contribution in [3.8, 4) is 11.1 Å². The van der Waals surface area contributed by atoms with Crippen molar-refractivity contribution < 1.29 is 4.79 Å². The number of H-pyrrole nitrogens is 1. The van der Waals surface area contributed by atoms with E-state index in [1.165, 1.54) is 0 Å². The van der Waals surface area contributed by atoms with E-state index in [0.717, 1.165) is 47.9 Å². The monoisotopic (exact) mass is 456 g/mol. The van der Waals surface area contributed by atoms with E-state index < -0.39 is 0 Å². The van der Waals surface area contributed by atoms with E-state index >= 15 is 0 Å². The SMILES string of the molecule is Cc1cnc(C)c(C(=O)NCc2ccc(-c3cn(C4CCCC4)c4c(=O)[nH]nc(N)c34)cc2)c1. The predicted molar refractivity (Wildman–Crippen MR) is 133 cm³/mol. The van der Waals surface area contributed by atoms with Crippen molar-refractivity contribution in [3.05, 3.63) is 75.5 Å². The Morgan fingerprint density at radius 3 is 2.68 bits per heavy atom. The molecule has 34 heavy (non-hydrogen) atoms. The van der Waals surface area contributed by atoms with Gasteiger partial charge in [0.2, 0.25) is 0 Å². The Labute approximate surface area is 197 Å². The quantitative estimate of drug-likeness (QED) is 0.419. The highest BCUT2D eigenvalue weighted by Crippen LogP contribution is 2.38. The molecule has 5 rings (SSSR count). The van der Waals surface area contributed by atoms with Gasteiger partial charge in [-0.2, -0.15) is 5.10 Å². The number of aromatic amines is 1. The Balaban J connectivity index is 1.42. The molecule has 1 fully saturated rings. The van der Waals surface area contributed by atoms with Gasteiger partial charge in [0.15, 0.2) is 5.82 Å². The number of rotatable bonds is 5. The van der Waals surface area contributed by atoms with Crippen molar-refractivity contribution in [2.24, 2.45) is 0 Å². The maximum Gasteiger partial charge on any atom is 0.288 e. The third-order valence-electron chi connectivity index (χ3n) is 6.69. The average molecular weight is 457 g/mol. The molecule has 3 heterocycles. The first kappa shape index (κ1) is 21.9. The third kappa shape index (κ3) is 3.96. The molecule has 0 bridgehead atoms. The number of nitrogen functional groups attached to an aromatic ring is 1. The average Bonchev–Trinajstić information content (AvgIpc) is 3.50. The molecular formula is C26H28N6O2. The minimum absolute atomic E-state index is 0.143. The second-order valence-electron chi connectivity index (χ2n) is 9.08. The number of aromatic nitrogens is 4. The van der Waals surface area contributed by atoms with E-state index in [1.54, 1.807) is 6.20 Å². The van der Waals surface area contributed by atoms with Crippen molar-refractivity contribution in [3.63, 3.8) is 0 Å². The predicted octanol–water partition coefficient (Wildman–Crippen LogP) is 4.03. The number of anilines is 1. The van der Waals surface area contributed by atoms with Crippen LogP contribution in [0.3, 0.4) is 0 Å². The lowest BCUT2D eigenvalue weighted by molar-refractivity contribution is 0.0949. The van der Waals surface area contributed by atoms with Gasteiger partial charge < -0.3 is 15.6 Å². The molecule has 0 atom stereocenters. The molecule has 1 amide bonds. The Bertz CT molecular complexity index is 1430. The van der Waals surface area contributed by atoms with Crippen molar-refractivity contribution in [2.45, 2.75) is 52.1 Å². The second-order valence-corrected chi connectivity index (χ2v) is 9.08. The van der Waals surface area contributed by atoms with Crippen LogP contribution >= 0.6 is 0 Å². The molecule has 0 unspecified atom stereocenters. The summed E-state index contributed by atoms with van der Waals surface area (Å²) in [7, 11) is 0. The van der Waals surface area contributed by atoms with Crippen LogP contribution in [0.2, 0.25) is 0 Å². The van der Waals surface area contributed by atoms with Gasteiger partial charge in [0.05, 0.1) is 10.9 Å². The minimum atomic E-state index is -0.220. The van der Waals surface area contributed by atoms with Gasteiger partial charge >= 0.3 is 0 Å². The van der Waals surface area contributed by atoms with E-state index in [4.69, 9.17) is 5.73 Å². The maximum atomic E-state index is 12.7. The van der Waals surface area contributed by atoms with Gasteiger partial charge in [-0.05, 0) is 49.4 Å². The summed E-state index contributed by atoms with van der Waals surface area (Å²) in [6, 6.07) is 10.1. The molecule has 1 aliphatic rings. The zero-order valence-electron chi connectivity index (χ0n) is 19.4. The first-order valence-corrected chi connectivity index (χ1v) is 11.6. The highest BCUT2D eigenvalue weighted by atomic mass is 16.1. The summed E-state index contributed by atoms with van der Waals surface area (Å²) in [5.41, 5.74) is 11.7. The number of nitrogens with zero attached hydrogens (tertiary/aromatic N) is 3. The Hall–Kier alpha value is -3.94. The van der Waals surface area contributed by atoms with Crippen LogP contribution in [0.4, 0.5) is 5.82 Å². The first-order chi connectivity index (χ1) is 16.4. The number of nitrogens with two attached hydrogens (primary N) is 1. The van der Waals surface area contributed by atoms with Gasteiger partial charge in [-0.15, -0.1) is 0 Å². The standard InChI is InChI=1S/C26H28N6O2/c1-15-11-20(16(2)28-12-15)25(33)29-13-17-7-9-18(10-8-17)21-14-32(19-5-3-4-6-19)23-22(21)24(27)30-31-26(23)34/h7-12,14,19H,3-6,13H2,1-2H3,(H2,27,30)(H,29,33)(H,31,34). The number of nitrogens with one attached hydrogen (secondary N) is 2. The van der Waals surface area contributed by atoms with Gasteiger partial charge in [-0.25, -0.2) is 5.10 Å². The van der Waals surface area contributed by atoms with Crippen LogP contribution in [0.1, 0.15) is 58.9 Å². The number of carbonyl (C=O) groups is 1. The summed E-state index contributed by atoms with van der Waals surface area (Å²) in [6.07, 6.45) is 8.23. The van der Waals surface area contributed by atoms with Gasteiger partial charge in [-0.3, -0.25) is 14.6 Å². The molecule has 8 nitrogen and oxygen atoms in total. The van der Waals surface area contributed by atoms with E-state index in [2.05, 4.69) is 25.1 Å². The number of carbonyl (C=O) groups excluding carboxylic acids is 1. The van der Waals surface area contributed by atoms with E-state index in [1.807, 2.05) is 50.4 Å². The summed E-state index contributed by atoms with van der Waals surface area (Å²) < 4.78 is 2.08. The second kappa shape index (κ2) is 8.78. The van der Waals surface area contributed by atoms with E-state index in [-0.39, 0.29) is 11.5 Å². The molecule has 174 valence electrons. The normalized spacial score (nSPS) is 14.1. The topological polar surface area (TPSA) is 119 Å². The molecule has 0 saturated heterocycles. The molecule has 3 aromatic heterocycles. The lowest BCUT2D eigenvalue weighted by Crippen LogP contribution is -2.24. The maximum absolute atomic E-state index is 12.7. The van der Waals surface area contributed by atoms with Gasteiger partial charge in [-0.1, -0.05) is 37.1 Å². The van der Waals surface area contributed by atoms with Crippen molar-refractivity contribution in [2.75, 3.05) is 5.73 Å². The minimum Gasteiger partial charge on any atom is -0.382 e. The number of hydrogen-bond donors (Lipinski definition) is 3. The van der Waals surface area contributed by atoms with Crippen LogP contribution < -0.4 is 16.6 Å². The van der Waals surface area contributed by atoms with Gasteiger partial charge in [0, 0.05) is 36.2 Å². The Morgan fingerprint density at radius 2 is 1.94 bits per heavy atom. The van der Waals surface area contributed by atoms with E-state index in [0.29, 0.717) is 40.6 Å². The summed E-state index contributed by atoms with van der Waals surface area (Å²) in [5.74, 6) is 0.176. The smallest absolute Gasteiger partial charge is 0.288 e. The van der Waals surface area contributed by atoms with Crippen LogP contribution in [0.25, 0.3) is 22.0 Å². The number of pyridine rings is 1. The molecular weight excluding hydrogens is 428 g/mol. The number of aryl methyl sites for hydroxylation is 2. The molecule has 4 aromatic rings. The Morgan fingerprint density at radius 1 is 1.21 bits per heavy atom. The zero-order valence-corrected chi connectivity index (χ0v) is 19.4. The number of amides is 1. The molecule has 8 heteroatoms. The van der Waals surface area contributed by atoms with Crippen molar-refractivity contribution in [1.82, 2.24) is 25.1 Å². The fraction of sp³-hybridized carbons (Fsp3) is 0.308. The Kier molecular flexibility index (Phi) is 5.65. The highest BCUT2D eigenvalue weighted by molar-refractivity contribution is 6.02. The molecule has 1 aliphatic carbocycles. The molecule has 1 aromatic carbocycles. The largest absolute Gasteiger partial charge is 0.382 e.